The van der Waals surface area contributed by atoms with Gasteiger partial charge in [0.25, 0.3) is 0 Å². The lowest BCUT2D eigenvalue weighted by Crippen LogP contribution is -2.28. The van der Waals surface area contributed by atoms with Crippen LogP contribution in [0, 0.1) is 28.1 Å². The zero-order valence-corrected chi connectivity index (χ0v) is 18.9. The van der Waals surface area contributed by atoms with Gasteiger partial charge in [-0.05, 0) is 35.2 Å². The fourth-order valence-corrected chi connectivity index (χ4v) is 4.58. The van der Waals surface area contributed by atoms with E-state index in [1.54, 1.807) is 38.1 Å². The minimum atomic E-state index is -1.41. The minimum absolute atomic E-state index is 0.104. The molecule has 0 aliphatic heterocycles. The number of carboxylic acid groups (broad SMARTS) is 1. The quantitative estimate of drug-likeness (QED) is 0.322. The second-order valence-electron chi connectivity index (χ2n) is 8.44. The molecule has 0 heterocycles. The van der Waals surface area contributed by atoms with E-state index in [2.05, 4.69) is 6.07 Å². The van der Waals surface area contributed by atoms with E-state index in [0.717, 1.165) is 0 Å². The van der Waals surface area contributed by atoms with E-state index in [4.69, 9.17) is 14.2 Å². The van der Waals surface area contributed by atoms with Crippen molar-refractivity contribution in [3.8, 4) is 17.6 Å². The first-order chi connectivity index (χ1) is 15.8. The highest BCUT2D eigenvalue weighted by atomic mass is 16.6. The summed E-state index contributed by atoms with van der Waals surface area (Å²) in [6.45, 7) is 3.96. The van der Waals surface area contributed by atoms with Crippen molar-refractivity contribution in [2.45, 2.75) is 19.8 Å². The maximum Gasteiger partial charge on any atom is 0.330 e. The smallest absolute Gasteiger partial charge is 0.330 e. The number of hydrogen-bond acceptors (Lipinski definition) is 6. The molecule has 3 atom stereocenters. The zero-order chi connectivity index (χ0) is 24.1. The number of carboxylic acids is 1. The number of rotatable bonds is 10. The largest absolute Gasteiger partial charge is 0.481 e. The molecule has 7 heteroatoms. The second kappa shape index (κ2) is 9.88. The van der Waals surface area contributed by atoms with Crippen LogP contribution in [0.2, 0.25) is 0 Å². The molecule has 0 radical (unpaired) electrons. The van der Waals surface area contributed by atoms with Crippen LogP contribution in [0.15, 0.2) is 66.7 Å². The molecule has 0 amide bonds. The molecule has 2 aromatic carbocycles. The predicted octanol–water partition coefficient (Wildman–Crippen LogP) is 4.56. The normalized spacial score (nSPS) is 21.7. The number of aliphatic carboxylic acids is 1. The first kappa shape index (κ1) is 24.0. The van der Waals surface area contributed by atoms with Gasteiger partial charge in [-0.1, -0.05) is 50.3 Å². The van der Waals surface area contributed by atoms with Crippen molar-refractivity contribution in [3.05, 3.63) is 72.3 Å². The van der Waals surface area contributed by atoms with E-state index >= 15 is 0 Å². The summed E-state index contributed by atoms with van der Waals surface area (Å²) < 4.78 is 15.7. The van der Waals surface area contributed by atoms with Crippen molar-refractivity contribution >= 4 is 11.9 Å². The third kappa shape index (κ3) is 4.62. The third-order valence-corrected chi connectivity index (χ3v) is 6.32. The monoisotopic (exact) mass is 449 g/mol. The Morgan fingerprint density at radius 2 is 1.82 bits per heavy atom. The molecular formula is C26H27NO6. The van der Waals surface area contributed by atoms with Gasteiger partial charge in [-0.2, -0.15) is 5.26 Å². The highest BCUT2D eigenvalue weighted by Crippen LogP contribution is 2.75. The minimum Gasteiger partial charge on any atom is -0.481 e. The van der Waals surface area contributed by atoms with Crippen molar-refractivity contribution in [1.82, 2.24) is 0 Å². The summed E-state index contributed by atoms with van der Waals surface area (Å²) in [5.74, 6) is -2.02. The molecule has 0 unspecified atom stereocenters. The van der Waals surface area contributed by atoms with Crippen LogP contribution >= 0.6 is 0 Å². The van der Waals surface area contributed by atoms with E-state index in [1.807, 2.05) is 30.3 Å². The van der Waals surface area contributed by atoms with Gasteiger partial charge in [0, 0.05) is 19.1 Å². The number of ether oxygens (including phenoxy) is 3. The molecule has 2 aromatic rings. The molecular weight excluding hydrogens is 422 g/mol. The highest BCUT2D eigenvalue weighted by molar-refractivity contribution is 5.86. The number of para-hydroxylation sites is 1. The Morgan fingerprint density at radius 1 is 1.12 bits per heavy atom. The van der Waals surface area contributed by atoms with Gasteiger partial charge in [-0.3, -0.25) is 4.79 Å². The molecule has 33 heavy (non-hydrogen) atoms. The van der Waals surface area contributed by atoms with Crippen LogP contribution in [0.4, 0.5) is 0 Å². The molecule has 0 aromatic heterocycles. The van der Waals surface area contributed by atoms with Crippen LogP contribution in [0.3, 0.4) is 0 Å². The molecule has 1 N–H and O–H groups in total. The van der Waals surface area contributed by atoms with Crippen molar-refractivity contribution in [2.75, 3.05) is 20.3 Å². The first-order valence-electron chi connectivity index (χ1n) is 10.6. The van der Waals surface area contributed by atoms with Crippen molar-refractivity contribution in [3.63, 3.8) is 0 Å². The maximum absolute atomic E-state index is 12.6. The first-order valence-corrected chi connectivity index (χ1v) is 10.6. The Hall–Kier alpha value is -3.63. The number of allylic oxidation sites excluding steroid dienone is 1. The van der Waals surface area contributed by atoms with Crippen LogP contribution in [0.5, 0.6) is 11.5 Å². The zero-order valence-electron chi connectivity index (χ0n) is 18.9. The number of esters is 1. The summed E-state index contributed by atoms with van der Waals surface area (Å²) in [6, 6.07) is 18.3. The average Bonchev–Trinajstić information content (AvgIpc) is 3.29. The van der Waals surface area contributed by atoms with Crippen LogP contribution in [-0.4, -0.2) is 37.4 Å². The van der Waals surface area contributed by atoms with Gasteiger partial charge < -0.3 is 19.3 Å². The lowest BCUT2D eigenvalue weighted by Gasteiger charge is -2.22. The van der Waals surface area contributed by atoms with Crippen LogP contribution in [0.1, 0.15) is 25.3 Å². The maximum atomic E-state index is 12.6. The van der Waals surface area contributed by atoms with Gasteiger partial charge in [0.1, 0.15) is 23.5 Å². The number of hydrogen-bond donors (Lipinski definition) is 1. The number of nitrogens with zero attached hydrogens (tertiary/aromatic N) is 1. The molecule has 0 saturated heterocycles. The molecule has 172 valence electrons. The Balaban J connectivity index is 1.89. The molecule has 3 rings (SSSR count). The Bertz CT molecular complexity index is 1070. The number of carbonyl (C=O) groups is 2. The molecule has 1 saturated carbocycles. The number of nitriles is 1. The molecule has 0 spiro atoms. The van der Waals surface area contributed by atoms with E-state index in [-0.39, 0.29) is 13.2 Å². The predicted molar refractivity (Wildman–Crippen MR) is 121 cm³/mol. The fraction of sp³-hybridized carbons (Fsp3) is 0.346. The molecule has 0 bridgehead atoms. The van der Waals surface area contributed by atoms with Gasteiger partial charge in [0.15, 0.2) is 0 Å². The highest BCUT2D eigenvalue weighted by Gasteiger charge is 2.78. The lowest BCUT2D eigenvalue weighted by molar-refractivity contribution is -0.145. The van der Waals surface area contributed by atoms with Crippen molar-refractivity contribution in [1.29, 1.82) is 5.26 Å². The van der Waals surface area contributed by atoms with Gasteiger partial charge >= 0.3 is 11.9 Å². The summed E-state index contributed by atoms with van der Waals surface area (Å²) in [6.07, 6.45) is 2.77. The Kier molecular flexibility index (Phi) is 7.19. The van der Waals surface area contributed by atoms with Gasteiger partial charge in [0.2, 0.25) is 0 Å². The third-order valence-electron chi connectivity index (χ3n) is 6.32. The lowest BCUT2D eigenvalue weighted by atomic mass is 9.78. The summed E-state index contributed by atoms with van der Waals surface area (Å²) in [7, 11) is 1.50. The molecule has 1 aliphatic rings. The van der Waals surface area contributed by atoms with Gasteiger partial charge in [-0.25, -0.2) is 4.79 Å². The molecule has 1 aliphatic carbocycles. The van der Waals surface area contributed by atoms with Crippen molar-refractivity contribution < 1.29 is 28.9 Å². The summed E-state index contributed by atoms with van der Waals surface area (Å²) in [5.41, 5.74) is -1.63. The standard InChI is InChI=1S/C26H27NO6/c1-25(2)22(12-13-23(28)32-15-14-31-3)26(25,24(29)30)21(17-27)18-8-7-11-20(16-18)33-19-9-5-4-6-10-19/h4-13,16,21-22H,14-15H2,1-3H3,(H,29,30)/b13-12-/t21-,22-,26+/m0/s1. The topological polar surface area (TPSA) is 106 Å². The average molecular weight is 450 g/mol. The number of carbonyl (C=O) groups excluding carboxylic acids is 1. The Morgan fingerprint density at radius 3 is 2.45 bits per heavy atom. The summed E-state index contributed by atoms with van der Waals surface area (Å²) >= 11 is 0. The summed E-state index contributed by atoms with van der Waals surface area (Å²) in [5, 5.41) is 20.3. The number of methoxy groups -OCH3 is 1. The molecule has 1 fully saturated rings. The Labute approximate surface area is 193 Å². The van der Waals surface area contributed by atoms with E-state index in [1.165, 1.54) is 19.3 Å². The summed E-state index contributed by atoms with van der Waals surface area (Å²) in [4.78, 5) is 24.5. The fourth-order valence-electron chi connectivity index (χ4n) is 4.58. The van der Waals surface area contributed by atoms with E-state index < -0.39 is 34.6 Å². The second-order valence-corrected chi connectivity index (χ2v) is 8.44. The van der Waals surface area contributed by atoms with E-state index in [9.17, 15) is 20.0 Å². The SMILES string of the molecule is COCCOC(=O)/C=C\[C@H]1C(C)(C)[C@]1(C(=O)O)[C@@H](C#N)c1cccc(Oc2ccccc2)c1. The van der Waals surface area contributed by atoms with Crippen molar-refractivity contribution in [2.24, 2.45) is 16.7 Å². The van der Waals surface area contributed by atoms with Gasteiger partial charge in [-0.15, -0.1) is 0 Å². The van der Waals surface area contributed by atoms with Gasteiger partial charge in [0.05, 0.1) is 18.6 Å². The van der Waals surface area contributed by atoms with Crippen LogP contribution in [0.25, 0.3) is 0 Å². The van der Waals surface area contributed by atoms with Crippen LogP contribution in [-0.2, 0) is 19.1 Å². The van der Waals surface area contributed by atoms with E-state index in [0.29, 0.717) is 17.1 Å². The number of benzene rings is 2. The molecule has 7 nitrogen and oxygen atoms in total. The van der Waals surface area contributed by atoms with Crippen LogP contribution < -0.4 is 4.74 Å².